The topological polar surface area (TPSA) is 53.6 Å². The predicted molar refractivity (Wildman–Crippen MR) is 83.3 cm³/mol. The highest BCUT2D eigenvalue weighted by Crippen LogP contribution is 2.20. The number of rotatable bonds is 4. The molecule has 2 aromatic carbocycles. The van der Waals surface area contributed by atoms with E-state index in [1.54, 1.807) is 0 Å². The van der Waals surface area contributed by atoms with Crippen LogP contribution in [0.5, 0.6) is 0 Å². The number of hydrogen-bond acceptors (Lipinski definition) is 3. The van der Waals surface area contributed by atoms with E-state index in [0.29, 0.717) is 6.54 Å². The molecule has 3 aromatic rings. The Hall–Kier alpha value is -2.14. The van der Waals surface area contributed by atoms with Crippen LogP contribution in [-0.2, 0) is 6.54 Å². The van der Waals surface area contributed by atoms with Crippen LogP contribution < -0.4 is 5.32 Å². The molecule has 5 heteroatoms. The number of hydrogen-bond donors (Lipinski definition) is 2. The van der Waals surface area contributed by atoms with Crippen molar-refractivity contribution < 1.29 is 0 Å². The van der Waals surface area contributed by atoms with Crippen LogP contribution >= 0.6 is 15.9 Å². The summed E-state index contributed by atoms with van der Waals surface area (Å²) in [7, 11) is 0. The Morgan fingerprint density at radius 3 is 2.45 bits per heavy atom. The minimum Gasteiger partial charge on any atom is -0.379 e. The zero-order valence-corrected chi connectivity index (χ0v) is 12.3. The summed E-state index contributed by atoms with van der Waals surface area (Å²) in [5.41, 5.74) is 3.90. The average molecular weight is 329 g/mol. The van der Waals surface area contributed by atoms with Gasteiger partial charge in [0.15, 0.2) is 0 Å². The first-order valence-electron chi connectivity index (χ1n) is 6.27. The zero-order chi connectivity index (χ0) is 13.8. The average Bonchev–Trinajstić information content (AvgIpc) is 2.96. The summed E-state index contributed by atoms with van der Waals surface area (Å²) in [6.07, 6.45) is 0. The number of nitrogens with zero attached hydrogens (tertiary/aromatic N) is 2. The quantitative estimate of drug-likeness (QED) is 0.764. The molecule has 0 atom stereocenters. The van der Waals surface area contributed by atoms with Gasteiger partial charge in [0.2, 0.25) is 0 Å². The van der Waals surface area contributed by atoms with Crippen molar-refractivity contribution in [2.75, 3.05) is 5.32 Å². The number of aromatic amines is 1. The SMILES string of the molecule is Brc1ccc(NCc2n[nH]nc2-c2ccccc2)cc1. The largest absolute Gasteiger partial charge is 0.379 e. The number of nitrogens with one attached hydrogen (secondary N) is 2. The Kier molecular flexibility index (Phi) is 3.78. The van der Waals surface area contributed by atoms with Crippen molar-refractivity contribution in [2.45, 2.75) is 6.54 Å². The summed E-state index contributed by atoms with van der Waals surface area (Å²) >= 11 is 3.42. The van der Waals surface area contributed by atoms with Crippen LogP contribution in [0.4, 0.5) is 5.69 Å². The Balaban J connectivity index is 1.76. The first-order chi connectivity index (χ1) is 9.83. The van der Waals surface area contributed by atoms with Crippen LogP contribution in [0.15, 0.2) is 59.1 Å². The van der Waals surface area contributed by atoms with Crippen molar-refractivity contribution in [2.24, 2.45) is 0 Å². The molecule has 1 heterocycles. The fraction of sp³-hybridized carbons (Fsp3) is 0.0667. The van der Waals surface area contributed by atoms with Crippen LogP contribution in [0.1, 0.15) is 5.69 Å². The molecule has 0 aliphatic carbocycles. The van der Waals surface area contributed by atoms with Crippen molar-refractivity contribution in [1.29, 1.82) is 0 Å². The summed E-state index contributed by atoms with van der Waals surface area (Å²) in [6, 6.07) is 18.1. The van der Waals surface area contributed by atoms with E-state index >= 15 is 0 Å². The van der Waals surface area contributed by atoms with Gasteiger partial charge in [0, 0.05) is 15.7 Å². The van der Waals surface area contributed by atoms with E-state index in [2.05, 4.69) is 36.7 Å². The van der Waals surface area contributed by atoms with Crippen LogP contribution in [0.2, 0.25) is 0 Å². The Bertz CT molecular complexity index is 677. The third-order valence-corrected chi connectivity index (χ3v) is 3.50. The van der Waals surface area contributed by atoms with Gasteiger partial charge in [0.25, 0.3) is 0 Å². The highest BCUT2D eigenvalue weighted by molar-refractivity contribution is 9.10. The van der Waals surface area contributed by atoms with Crippen molar-refractivity contribution in [3.63, 3.8) is 0 Å². The lowest BCUT2D eigenvalue weighted by Gasteiger charge is -2.05. The molecule has 20 heavy (non-hydrogen) atoms. The molecule has 0 saturated heterocycles. The minimum atomic E-state index is 0.627. The molecule has 0 unspecified atom stereocenters. The third-order valence-electron chi connectivity index (χ3n) is 2.97. The molecule has 0 aliphatic heterocycles. The van der Waals surface area contributed by atoms with Gasteiger partial charge in [0.1, 0.15) is 11.4 Å². The molecule has 0 bridgehead atoms. The summed E-state index contributed by atoms with van der Waals surface area (Å²) in [5, 5.41) is 14.5. The van der Waals surface area contributed by atoms with Crippen LogP contribution in [0, 0.1) is 0 Å². The Labute approximate surface area is 125 Å². The lowest BCUT2D eigenvalue weighted by Crippen LogP contribution is -2.01. The predicted octanol–water partition coefficient (Wildman–Crippen LogP) is 3.85. The molecule has 1 aromatic heterocycles. The smallest absolute Gasteiger partial charge is 0.117 e. The molecule has 0 radical (unpaired) electrons. The molecule has 3 rings (SSSR count). The second kappa shape index (κ2) is 5.88. The van der Waals surface area contributed by atoms with Gasteiger partial charge in [-0.2, -0.15) is 15.4 Å². The summed E-state index contributed by atoms with van der Waals surface area (Å²) in [4.78, 5) is 0. The van der Waals surface area contributed by atoms with Gasteiger partial charge in [-0.15, -0.1) is 0 Å². The van der Waals surface area contributed by atoms with Crippen molar-refractivity contribution in [1.82, 2.24) is 15.4 Å². The second-order valence-electron chi connectivity index (χ2n) is 4.35. The molecule has 0 fully saturated rings. The molecular formula is C15H13BrN4. The first-order valence-corrected chi connectivity index (χ1v) is 7.07. The number of benzene rings is 2. The number of H-pyrrole nitrogens is 1. The Morgan fingerprint density at radius 2 is 1.70 bits per heavy atom. The maximum absolute atomic E-state index is 4.23. The molecule has 100 valence electrons. The van der Waals surface area contributed by atoms with Gasteiger partial charge in [-0.25, -0.2) is 0 Å². The van der Waals surface area contributed by atoms with Gasteiger partial charge in [0.05, 0.1) is 6.54 Å². The van der Waals surface area contributed by atoms with E-state index in [-0.39, 0.29) is 0 Å². The minimum absolute atomic E-state index is 0.627. The van der Waals surface area contributed by atoms with Gasteiger partial charge in [-0.3, -0.25) is 0 Å². The molecule has 4 nitrogen and oxygen atoms in total. The summed E-state index contributed by atoms with van der Waals surface area (Å²) in [6.45, 7) is 0.627. The number of aromatic nitrogens is 3. The Morgan fingerprint density at radius 1 is 0.950 bits per heavy atom. The highest BCUT2D eigenvalue weighted by atomic mass is 79.9. The third kappa shape index (κ3) is 2.88. The van der Waals surface area contributed by atoms with E-state index in [1.807, 2.05) is 54.6 Å². The molecule has 0 amide bonds. The van der Waals surface area contributed by atoms with Gasteiger partial charge in [-0.1, -0.05) is 46.3 Å². The van der Waals surface area contributed by atoms with E-state index < -0.39 is 0 Å². The fourth-order valence-electron chi connectivity index (χ4n) is 1.96. The van der Waals surface area contributed by atoms with Gasteiger partial charge < -0.3 is 5.32 Å². The molecule has 0 aliphatic rings. The van der Waals surface area contributed by atoms with Crippen LogP contribution in [-0.4, -0.2) is 15.4 Å². The monoisotopic (exact) mass is 328 g/mol. The fourth-order valence-corrected chi connectivity index (χ4v) is 2.22. The molecule has 0 saturated carbocycles. The molecule has 2 N–H and O–H groups in total. The van der Waals surface area contributed by atoms with E-state index in [0.717, 1.165) is 27.1 Å². The lowest BCUT2D eigenvalue weighted by atomic mass is 10.1. The van der Waals surface area contributed by atoms with E-state index in [4.69, 9.17) is 0 Å². The molecule has 0 spiro atoms. The van der Waals surface area contributed by atoms with Crippen LogP contribution in [0.25, 0.3) is 11.3 Å². The van der Waals surface area contributed by atoms with Crippen molar-refractivity contribution in [3.05, 3.63) is 64.8 Å². The van der Waals surface area contributed by atoms with E-state index in [9.17, 15) is 0 Å². The maximum Gasteiger partial charge on any atom is 0.117 e. The van der Waals surface area contributed by atoms with Crippen molar-refractivity contribution >= 4 is 21.6 Å². The van der Waals surface area contributed by atoms with Gasteiger partial charge >= 0.3 is 0 Å². The first kappa shape index (κ1) is 12.9. The van der Waals surface area contributed by atoms with Crippen LogP contribution in [0.3, 0.4) is 0 Å². The maximum atomic E-state index is 4.23. The number of anilines is 1. The normalized spacial score (nSPS) is 10.4. The summed E-state index contributed by atoms with van der Waals surface area (Å²) in [5.74, 6) is 0. The second-order valence-corrected chi connectivity index (χ2v) is 5.26. The summed E-state index contributed by atoms with van der Waals surface area (Å²) < 4.78 is 1.06. The standard InChI is InChI=1S/C15H13BrN4/c16-12-6-8-13(9-7-12)17-10-14-15(19-20-18-14)11-4-2-1-3-5-11/h1-9,17H,10H2,(H,18,19,20). The van der Waals surface area contributed by atoms with Gasteiger partial charge in [-0.05, 0) is 24.3 Å². The lowest BCUT2D eigenvalue weighted by molar-refractivity contribution is 0.911. The highest BCUT2D eigenvalue weighted by Gasteiger charge is 2.09. The van der Waals surface area contributed by atoms with Crippen molar-refractivity contribution in [3.8, 4) is 11.3 Å². The zero-order valence-electron chi connectivity index (χ0n) is 10.7. The molecular weight excluding hydrogens is 316 g/mol. The number of halogens is 1. The van der Waals surface area contributed by atoms with E-state index in [1.165, 1.54) is 0 Å².